The fourth-order valence-electron chi connectivity index (χ4n) is 3.02. The summed E-state index contributed by atoms with van der Waals surface area (Å²) in [5, 5.41) is 0.995. The SMILES string of the molecule is COc1ccc2c(CC(=O)N3CCCC(C)C3)coc2c1. The molecule has 1 unspecified atom stereocenters. The van der Waals surface area contributed by atoms with Gasteiger partial charge in [0, 0.05) is 30.1 Å². The average molecular weight is 287 g/mol. The van der Waals surface area contributed by atoms with E-state index in [2.05, 4.69) is 6.92 Å². The lowest BCUT2D eigenvalue weighted by Crippen LogP contribution is -2.39. The quantitative estimate of drug-likeness (QED) is 0.870. The van der Waals surface area contributed by atoms with Crippen molar-refractivity contribution < 1.29 is 13.9 Å². The Balaban J connectivity index is 1.76. The van der Waals surface area contributed by atoms with E-state index >= 15 is 0 Å². The molecule has 2 heterocycles. The molecule has 2 aromatic rings. The molecule has 112 valence electrons. The third-order valence-corrected chi connectivity index (χ3v) is 4.21. The van der Waals surface area contributed by atoms with E-state index < -0.39 is 0 Å². The van der Waals surface area contributed by atoms with Crippen LogP contribution in [0.25, 0.3) is 11.0 Å². The van der Waals surface area contributed by atoms with Gasteiger partial charge in [-0.05, 0) is 30.9 Å². The number of carbonyl (C=O) groups is 1. The minimum absolute atomic E-state index is 0.195. The molecule has 1 amide bonds. The van der Waals surface area contributed by atoms with Crippen molar-refractivity contribution >= 4 is 16.9 Å². The fraction of sp³-hybridized carbons (Fsp3) is 0.471. The Labute approximate surface area is 124 Å². The first-order valence-corrected chi connectivity index (χ1v) is 7.49. The number of furan rings is 1. The number of benzene rings is 1. The second kappa shape index (κ2) is 5.80. The summed E-state index contributed by atoms with van der Waals surface area (Å²) in [5.74, 6) is 1.56. The standard InChI is InChI=1S/C17H21NO3/c1-12-4-3-7-18(10-12)17(19)8-13-11-21-16-9-14(20-2)5-6-15(13)16/h5-6,9,11-12H,3-4,7-8,10H2,1-2H3. The Morgan fingerprint density at radius 2 is 2.33 bits per heavy atom. The molecule has 21 heavy (non-hydrogen) atoms. The van der Waals surface area contributed by atoms with Crippen LogP contribution in [-0.2, 0) is 11.2 Å². The molecule has 1 saturated heterocycles. The number of amides is 1. The highest BCUT2D eigenvalue weighted by Gasteiger charge is 2.22. The lowest BCUT2D eigenvalue weighted by atomic mass is 9.99. The molecule has 0 saturated carbocycles. The van der Waals surface area contributed by atoms with Crippen molar-refractivity contribution in [1.29, 1.82) is 0 Å². The number of carbonyl (C=O) groups excluding carboxylic acids is 1. The van der Waals surface area contributed by atoms with Crippen LogP contribution < -0.4 is 4.74 Å². The zero-order valence-electron chi connectivity index (χ0n) is 12.6. The van der Waals surface area contributed by atoms with Gasteiger partial charge in [-0.2, -0.15) is 0 Å². The van der Waals surface area contributed by atoms with Crippen LogP contribution in [0.4, 0.5) is 0 Å². The highest BCUT2D eigenvalue weighted by molar-refractivity contribution is 5.88. The Morgan fingerprint density at radius 1 is 1.48 bits per heavy atom. The molecule has 4 heteroatoms. The topological polar surface area (TPSA) is 42.7 Å². The van der Waals surface area contributed by atoms with Gasteiger partial charge >= 0.3 is 0 Å². The van der Waals surface area contributed by atoms with Crippen LogP contribution in [0.15, 0.2) is 28.9 Å². The molecule has 1 aromatic carbocycles. The number of nitrogens with zero attached hydrogens (tertiary/aromatic N) is 1. The van der Waals surface area contributed by atoms with E-state index in [-0.39, 0.29) is 5.91 Å². The monoisotopic (exact) mass is 287 g/mol. The molecule has 0 aliphatic carbocycles. The van der Waals surface area contributed by atoms with Gasteiger partial charge in [0.05, 0.1) is 19.8 Å². The summed E-state index contributed by atoms with van der Waals surface area (Å²) in [7, 11) is 1.63. The zero-order chi connectivity index (χ0) is 14.8. The molecule has 3 rings (SSSR count). The van der Waals surface area contributed by atoms with Crippen molar-refractivity contribution in [2.24, 2.45) is 5.92 Å². The number of rotatable bonds is 3. The maximum atomic E-state index is 12.4. The van der Waals surface area contributed by atoms with E-state index in [1.54, 1.807) is 13.4 Å². The molecular weight excluding hydrogens is 266 g/mol. The van der Waals surface area contributed by atoms with Crippen LogP contribution in [0.2, 0.25) is 0 Å². The summed E-state index contributed by atoms with van der Waals surface area (Å²) >= 11 is 0. The smallest absolute Gasteiger partial charge is 0.227 e. The van der Waals surface area contributed by atoms with Crippen LogP contribution in [-0.4, -0.2) is 31.0 Å². The highest BCUT2D eigenvalue weighted by atomic mass is 16.5. The van der Waals surface area contributed by atoms with Crippen molar-refractivity contribution in [2.75, 3.05) is 20.2 Å². The average Bonchev–Trinajstić information content (AvgIpc) is 2.89. The van der Waals surface area contributed by atoms with E-state index in [0.29, 0.717) is 12.3 Å². The summed E-state index contributed by atoms with van der Waals surface area (Å²) in [4.78, 5) is 14.4. The van der Waals surface area contributed by atoms with Gasteiger partial charge in [-0.25, -0.2) is 0 Å². The van der Waals surface area contributed by atoms with Gasteiger partial charge in [0.25, 0.3) is 0 Å². The van der Waals surface area contributed by atoms with Crippen LogP contribution in [0.1, 0.15) is 25.3 Å². The summed E-state index contributed by atoms with van der Waals surface area (Å²) in [5.41, 5.74) is 1.72. The van der Waals surface area contributed by atoms with Crippen molar-refractivity contribution in [3.05, 3.63) is 30.0 Å². The molecule has 0 bridgehead atoms. The largest absolute Gasteiger partial charge is 0.497 e. The molecule has 1 aliphatic heterocycles. The van der Waals surface area contributed by atoms with Crippen molar-refractivity contribution in [2.45, 2.75) is 26.2 Å². The van der Waals surface area contributed by atoms with E-state index in [0.717, 1.165) is 41.8 Å². The Hall–Kier alpha value is -1.97. The normalized spacial score (nSPS) is 19.0. The summed E-state index contributed by atoms with van der Waals surface area (Å²) in [6, 6.07) is 5.71. The fourth-order valence-corrected chi connectivity index (χ4v) is 3.02. The first-order valence-electron chi connectivity index (χ1n) is 7.49. The number of methoxy groups -OCH3 is 1. The zero-order valence-corrected chi connectivity index (χ0v) is 12.6. The third-order valence-electron chi connectivity index (χ3n) is 4.21. The number of hydrogen-bond acceptors (Lipinski definition) is 3. The molecule has 1 aromatic heterocycles. The molecule has 1 fully saturated rings. The number of likely N-dealkylation sites (tertiary alicyclic amines) is 1. The van der Waals surface area contributed by atoms with Gasteiger partial charge in [0.1, 0.15) is 11.3 Å². The minimum Gasteiger partial charge on any atom is -0.497 e. The van der Waals surface area contributed by atoms with Gasteiger partial charge in [-0.15, -0.1) is 0 Å². The summed E-state index contributed by atoms with van der Waals surface area (Å²) in [6.45, 7) is 3.97. The summed E-state index contributed by atoms with van der Waals surface area (Å²) in [6.07, 6.45) is 4.43. The van der Waals surface area contributed by atoms with E-state index in [1.807, 2.05) is 23.1 Å². The maximum absolute atomic E-state index is 12.4. The van der Waals surface area contributed by atoms with Gasteiger partial charge in [0.2, 0.25) is 5.91 Å². The minimum atomic E-state index is 0.195. The number of hydrogen-bond donors (Lipinski definition) is 0. The number of piperidine rings is 1. The molecule has 1 atom stereocenters. The van der Waals surface area contributed by atoms with E-state index in [1.165, 1.54) is 6.42 Å². The predicted molar refractivity (Wildman–Crippen MR) is 81.4 cm³/mol. The van der Waals surface area contributed by atoms with Crippen molar-refractivity contribution in [3.63, 3.8) is 0 Å². The Morgan fingerprint density at radius 3 is 3.10 bits per heavy atom. The molecule has 1 aliphatic rings. The molecular formula is C17H21NO3. The molecule has 0 radical (unpaired) electrons. The first-order chi connectivity index (χ1) is 10.2. The third kappa shape index (κ3) is 2.89. The van der Waals surface area contributed by atoms with Gasteiger partial charge < -0.3 is 14.1 Å². The molecule has 0 N–H and O–H groups in total. The van der Waals surface area contributed by atoms with Crippen LogP contribution in [0.5, 0.6) is 5.75 Å². The van der Waals surface area contributed by atoms with Gasteiger partial charge in [0.15, 0.2) is 0 Å². The highest BCUT2D eigenvalue weighted by Crippen LogP contribution is 2.26. The molecule has 4 nitrogen and oxygen atoms in total. The predicted octanol–water partition coefficient (Wildman–Crippen LogP) is 3.24. The van der Waals surface area contributed by atoms with Crippen LogP contribution >= 0.6 is 0 Å². The lowest BCUT2D eigenvalue weighted by molar-refractivity contribution is -0.132. The van der Waals surface area contributed by atoms with Crippen molar-refractivity contribution in [3.8, 4) is 5.75 Å². The Kier molecular flexibility index (Phi) is 3.86. The van der Waals surface area contributed by atoms with Crippen LogP contribution in [0.3, 0.4) is 0 Å². The van der Waals surface area contributed by atoms with E-state index in [9.17, 15) is 4.79 Å². The second-order valence-corrected chi connectivity index (χ2v) is 5.89. The van der Waals surface area contributed by atoms with E-state index in [4.69, 9.17) is 9.15 Å². The first kappa shape index (κ1) is 14.0. The van der Waals surface area contributed by atoms with Crippen LogP contribution in [0, 0.1) is 5.92 Å². The number of ether oxygens (including phenoxy) is 1. The summed E-state index contributed by atoms with van der Waals surface area (Å²) < 4.78 is 10.7. The molecule has 0 spiro atoms. The second-order valence-electron chi connectivity index (χ2n) is 5.89. The van der Waals surface area contributed by atoms with Gasteiger partial charge in [-0.3, -0.25) is 4.79 Å². The lowest BCUT2D eigenvalue weighted by Gasteiger charge is -2.30. The van der Waals surface area contributed by atoms with Gasteiger partial charge in [-0.1, -0.05) is 6.92 Å². The van der Waals surface area contributed by atoms with Crippen molar-refractivity contribution in [1.82, 2.24) is 4.90 Å². The maximum Gasteiger partial charge on any atom is 0.227 e. The Bertz CT molecular complexity index is 647. The number of fused-ring (bicyclic) bond motifs is 1.